The molecule has 1 aliphatic rings. The smallest absolute Gasteiger partial charge is 0.0629 e. The van der Waals surface area contributed by atoms with Gasteiger partial charge in [-0.25, -0.2) is 0 Å². The van der Waals surface area contributed by atoms with Crippen LogP contribution in [0.2, 0.25) is 0 Å². The second kappa shape index (κ2) is 16.2. The Morgan fingerprint density at radius 2 is 0.679 bits per heavy atom. The molecule has 0 saturated carbocycles. The fourth-order valence-electron chi connectivity index (χ4n) is 7.05. The lowest BCUT2D eigenvalue weighted by Crippen LogP contribution is -2.17. The second-order valence-corrected chi connectivity index (χ2v) is 13.5. The maximum absolute atomic E-state index is 3.67. The quantitative estimate of drug-likeness (QED) is 0.129. The predicted octanol–water partition coefficient (Wildman–Crippen LogP) is 13.0. The Kier molecular flexibility index (Phi) is 10.2. The molecule has 1 aliphatic carbocycles. The summed E-state index contributed by atoms with van der Waals surface area (Å²) in [5, 5.41) is 3.67. The first-order valence-corrected chi connectivity index (χ1v) is 18.5. The number of allylic oxidation sites excluding steroid dienone is 2. The Balaban J connectivity index is 0.857. The SMILES string of the molecule is C1=CC(Nc2ccc(Cc3ccc(N(c4ccccc4)c4ccccc4)cc3)cc2)C=CC1Cc1ccc(N(c2ccccc2)c2ccccc2)cc1. The third kappa shape index (κ3) is 8.32. The first-order chi connectivity index (χ1) is 26.2. The van der Waals surface area contributed by atoms with Crippen molar-refractivity contribution in [2.45, 2.75) is 18.9 Å². The van der Waals surface area contributed by atoms with Crippen LogP contribution < -0.4 is 15.1 Å². The zero-order chi connectivity index (χ0) is 35.7. The summed E-state index contributed by atoms with van der Waals surface area (Å²) in [6.07, 6.45) is 11.1. The van der Waals surface area contributed by atoms with Gasteiger partial charge in [-0.3, -0.25) is 0 Å². The van der Waals surface area contributed by atoms with Crippen LogP contribution in [0.15, 0.2) is 218 Å². The molecule has 0 fully saturated rings. The van der Waals surface area contributed by atoms with Crippen LogP contribution in [-0.4, -0.2) is 6.04 Å². The highest BCUT2D eigenvalue weighted by Crippen LogP contribution is 2.36. The molecule has 7 aromatic rings. The fraction of sp³-hybridized carbons (Fsp3) is 0.0800. The number of anilines is 7. The number of nitrogens with one attached hydrogen (secondary N) is 1. The largest absolute Gasteiger partial charge is 0.375 e. The molecule has 0 aromatic heterocycles. The van der Waals surface area contributed by atoms with E-state index in [4.69, 9.17) is 0 Å². The van der Waals surface area contributed by atoms with E-state index in [1.807, 2.05) is 0 Å². The third-order valence-electron chi connectivity index (χ3n) is 9.74. The minimum atomic E-state index is 0.175. The monoisotopic (exact) mass is 685 g/mol. The maximum atomic E-state index is 3.67. The summed E-state index contributed by atoms with van der Waals surface area (Å²) in [5.74, 6) is 0.375. The van der Waals surface area contributed by atoms with Crippen LogP contribution >= 0.6 is 0 Å². The molecule has 0 spiro atoms. The van der Waals surface area contributed by atoms with Crippen molar-refractivity contribution in [3.63, 3.8) is 0 Å². The Labute approximate surface area is 313 Å². The van der Waals surface area contributed by atoms with Gasteiger partial charge in [0.2, 0.25) is 0 Å². The predicted molar refractivity (Wildman–Crippen MR) is 224 cm³/mol. The standard InChI is InChI=1S/C50H43N3/c1-5-13-45(14-6-1)52(46-15-7-2-8-16-46)49-33-25-41(26-34-49)37-39-21-29-43(30-22-39)51-44-31-23-40(24-32-44)38-42-27-35-50(36-28-42)53(47-17-9-3-10-18-47)48-19-11-4-12-20-48/h1-36,39,43,51H,37-38H2. The molecule has 0 aliphatic heterocycles. The van der Waals surface area contributed by atoms with E-state index in [0.29, 0.717) is 5.92 Å². The average Bonchev–Trinajstić information content (AvgIpc) is 3.22. The van der Waals surface area contributed by atoms with Crippen molar-refractivity contribution in [2.24, 2.45) is 5.92 Å². The molecule has 0 heterocycles. The third-order valence-corrected chi connectivity index (χ3v) is 9.74. The van der Waals surface area contributed by atoms with Gasteiger partial charge in [0.25, 0.3) is 0 Å². The molecule has 258 valence electrons. The van der Waals surface area contributed by atoms with Gasteiger partial charge in [0.1, 0.15) is 0 Å². The molecule has 3 heteroatoms. The molecule has 7 aromatic carbocycles. The molecule has 0 bridgehead atoms. The maximum Gasteiger partial charge on any atom is 0.0629 e. The minimum absolute atomic E-state index is 0.175. The van der Waals surface area contributed by atoms with Crippen molar-refractivity contribution < 1.29 is 0 Å². The average molecular weight is 686 g/mol. The van der Waals surface area contributed by atoms with Crippen LogP contribution in [0.1, 0.15) is 16.7 Å². The van der Waals surface area contributed by atoms with Gasteiger partial charge in [-0.1, -0.05) is 133 Å². The second-order valence-electron chi connectivity index (χ2n) is 13.5. The normalized spacial score (nSPS) is 14.8. The summed E-state index contributed by atoms with van der Waals surface area (Å²) >= 11 is 0. The molecule has 3 nitrogen and oxygen atoms in total. The first kappa shape index (κ1) is 33.6. The lowest BCUT2D eigenvalue weighted by atomic mass is 9.93. The summed E-state index contributed by atoms with van der Waals surface area (Å²) in [5.41, 5.74) is 11.9. The highest BCUT2D eigenvalue weighted by Gasteiger charge is 2.15. The summed E-state index contributed by atoms with van der Waals surface area (Å²) in [4.78, 5) is 4.60. The van der Waals surface area contributed by atoms with E-state index in [0.717, 1.165) is 52.7 Å². The lowest BCUT2D eigenvalue weighted by Gasteiger charge is -2.25. The van der Waals surface area contributed by atoms with Gasteiger partial charge in [-0.15, -0.1) is 0 Å². The molecule has 8 rings (SSSR count). The molecule has 0 unspecified atom stereocenters. The topological polar surface area (TPSA) is 18.5 Å². The van der Waals surface area contributed by atoms with Gasteiger partial charge in [0.15, 0.2) is 0 Å². The van der Waals surface area contributed by atoms with Gasteiger partial charge in [-0.2, -0.15) is 0 Å². The van der Waals surface area contributed by atoms with Crippen LogP contribution in [-0.2, 0) is 12.8 Å². The number of hydrogen-bond acceptors (Lipinski definition) is 3. The van der Waals surface area contributed by atoms with Crippen LogP contribution in [0, 0.1) is 5.92 Å². The Bertz CT molecular complexity index is 2140. The zero-order valence-corrected chi connectivity index (χ0v) is 29.7. The fourth-order valence-corrected chi connectivity index (χ4v) is 7.05. The van der Waals surface area contributed by atoms with E-state index in [1.54, 1.807) is 0 Å². The highest BCUT2D eigenvalue weighted by molar-refractivity contribution is 5.77. The van der Waals surface area contributed by atoms with Crippen molar-refractivity contribution >= 4 is 39.8 Å². The van der Waals surface area contributed by atoms with Gasteiger partial charge in [0, 0.05) is 39.8 Å². The number of hydrogen-bond donors (Lipinski definition) is 1. The van der Waals surface area contributed by atoms with E-state index in [-0.39, 0.29) is 6.04 Å². The molecular formula is C50H43N3. The summed E-state index contributed by atoms with van der Waals surface area (Å²) in [6.45, 7) is 0. The van der Waals surface area contributed by atoms with E-state index in [1.165, 1.54) is 16.7 Å². The molecule has 0 saturated heterocycles. The molecule has 1 N–H and O–H groups in total. The van der Waals surface area contributed by atoms with Crippen molar-refractivity contribution in [1.82, 2.24) is 0 Å². The summed E-state index contributed by atoms with van der Waals surface area (Å²) in [7, 11) is 0. The Morgan fingerprint density at radius 1 is 0.340 bits per heavy atom. The van der Waals surface area contributed by atoms with E-state index >= 15 is 0 Å². The number of benzene rings is 7. The Morgan fingerprint density at radius 3 is 1.08 bits per heavy atom. The molecular weight excluding hydrogens is 643 g/mol. The van der Waals surface area contributed by atoms with Crippen molar-refractivity contribution in [2.75, 3.05) is 15.1 Å². The summed E-state index contributed by atoms with van der Waals surface area (Å²) in [6, 6.07) is 69.1. The molecule has 0 atom stereocenters. The Hall–Kier alpha value is -6.58. The number of nitrogens with zero attached hydrogens (tertiary/aromatic N) is 2. The number of rotatable bonds is 12. The van der Waals surface area contributed by atoms with E-state index in [2.05, 4.69) is 234 Å². The van der Waals surface area contributed by atoms with E-state index in [9.17, 15) is 0 Å². The molecule has 0 radical (unpaired) electrons. The van der Waals surface area contributed by atoms with E-state index < -0.39 is 0 Å². The van der Waals surface area contributed by atoms with Gasteiger partial charge in [-0.05, 0) is 120 Å². The van der Waals surface area contributed by atoms with Crippen LogP contribution in [0.3, 0.4) is 0 Å². The van der Waals surface area contributed by atoms with Crippen molar-refractivity contribution in [3.05, 3.63) is 235 Å². The minimum Gasteiger partial charge on any atom is -0.375 e. The molecule has 53 heavy (non-hydrogen) atoms. The van der Waals surface area contributed by atoms with Gasteiger partial charge < -0.3 is 15.1 Å². The van der Waals surface area contributed by atoms with Crippen molar-refractivity contribution in [1.29, 1.82) is 0 Å². The van der Waals surface area contributed by atoms with Crippen molar-refractivity contribution in [3.8, 4) is 0 Å². The summed E-state index contributed by atoms with van der Waals surface area (Å²) < 4.78 is 0. The number of para-hydroxylation sites is 4. The first-order valence-electron chi connectivity index (χ1n) is 18.5. The van der Waals surface area contributed by atoms with Gasteiger partial charge in [0.05, 0.1) is 6.04 Å². The lowest BCUT2D eigenvalue weighted by molar-refractivity contribution is 0.779. The highest BCUT2D eigenvalue weighted by atomic mass is 15.1. The molecule has 0 amide bonds. The van der Waals surface area contributed by atoms with Gasteiger partial charge >= 0.3 is 0 Å². The zero-order valence-electron chi connectivity index (χ0n) is 29.7. The van der Waals surface area contributed by atoms with Crippen LogP contribution in [0.4, 0.5) is 39.8 Å². The van der Waals surface area contributed by atoms with Crippen LogP contribution in [0.5, 0.6) is 0 Å². The van der Waals surface area contributed by atoms with Crippen LogP contribution in [0.25, 0.3) is 0 Å².